The van der Waals surface area contributed by atoms with Gasteiger partial charge in [-0.1, -0.05) is 0 Å². The number of imidazole rings is 1. The summed E-state index contributed by atoms with van der Waals surface area (Å²) in [4.78, 5) is 8.75. The summed E-state index contributed by atoms with van der Waals surface area (Å²) in [6.07, 6.45) is -1.50. The predicted molar refractivity (Wildman–Crippen MR) is 91.6 cm³/mol. The average molecular weight is 376 g/mol. The molecule has 2 aromatic heterocycles. The molecule has 0 saturated heterocycles. The van der Waals surface area contributed by atoms with Crippen molar-refractivity contribution < 1.29 is 22.3 Å². The molecule has 2 aromatic carbocycles. The molecule has 0 spiro atoms. The number of fused-ring (bicyclic) bond motifs is 3. The molecule has 0 aliphatic rings. The summed E-state index contributed by atoms with van der Waals surface area (Å²) in [5.74, 6) is -0.304. The van der Waals surface area contributed by atoms with Crippen molar-refractivity contribution in [2.75, 3.05) is 5.32 Å². The fourth-order valence-electron chi connectivity index (χ4n) is 2.84. The number of alkyl halides is 3. The Kier molecular flexibility index (Phi) is 3.87. The monoisotopic (exact) mass is 376 g/mol. The van der Waals surface area contributed by atoms with E-state index in [1.54, 1.807) is 23.7 Å². The van der Waals surface area contributed by atoms with Gasteiger partial charge in [-0.25, -0.2) is 14.4 Å². The van der Waals surface area contributed by atoms with Crippen LogP contribution in [0.2, 0.25) is 0 Å². The average Bonchev–Trinajstić information content (AvgIpc) is 3.06. The van der Waals surface area contributed by atoms with E-state index >= 15 is 0 Å². The fourth-order valence-corrected chi connectivity index (χ4v) is 2.84. The molecule has 4 aromatic rings. The van der Waals surface area contributed by atoms with Gasteiger partial charge in [-0.2, -0.15) is 0 Å². The summed E-state index contributed by atoms with van der Waals surface area (Å²) in [6.45, 7) is 1.74. The lowest BCUT2D eigenvalue weighted by Crippen LogP contribution is -2.17. The van der Waals surface area contributed by atoms with Crippen molar-refractivity contribution in [1.82, 2.24) is 14.4 Å². The number of halogens is 4. The normalized spacial score (nSPS) is 11.9. The lowest BCUT2D eigenvalue weighted by atomic mass is 10.2. The van der Waals surface area contributed by atoms with Gasteiger partial charge in [0.25, 0.3) is 0 Å². The predicted octanol–water partition coefficient (Wildman–Crippen LogP) is 4.97. The summed E-state index contributed by atoms with van der Waals surface area (Å²) in [5, 5.41) is 3.03. The van der Waals surface area contributed by atoms with Crippen LogP contribution in [0.3, 0.4) is 0 Å². The van der Waals surface area contributed by atoms with Gasteiger partial charge in [-0.3, -0.25) is 4.40 Å². The minimum absolute atomic E-state index is 0.322. The zero-order valence-corrected chi connectivity index (χ0v) is 13.9. The summed E-state index contributed by atoms with van der Waals surface area (Å²) in [7, 11) is 0. The summed E-state index contributed by atoms with van der Waals surface area (Å²) >= 11 is 0. The molecule has 4 rings (SSSR count). The van der Waals surface area contributed by atoms with E-state index in [2.05, 4.69) is 20.0 Å². The third kappa shape index (κ3) is 3.35. The van der Waals surface area contributed by atoms with Crippen molar-refractivity contribution in [1.29, 1.82) is 0 Å². The SMILES string of the molecule is Cc1cc(F)cc2c1nc(Nc1ccc(OC(F)(F)F)cc1)c1nccn12. The van der Waals surface area contributed by atoms with Crippen molar-refractivity contribution in [3.63, 3.8) is 0 Å². The number of nitrogens with zero attached hydrogens (tertiary/aromatic N) is 3. The van der Waals surface area contributed by atoms with E-state index in [0.29, 0.717) is 33.7 Å². The lowest BCUT2D eigenvalue weighted by Gasteiger charge is -2.12. The summed E-state index contributed by atoms with van der Waals surface area (Å²) in [5.41, 5.74) is 2.77. The fraction of sp³-hybridized carbons (Fsp3) is 0.111. The van der Waals surface area contributed by atoms with Gasteiger partial charge in [0.2, 0.25) is 0 Å². The van der Waals surface area contributed by atoms with Crippen molar-refractivity contribution in [3.05, 3.63) is 60.2 Å². The molecule has 1 N–H and O–H groups in total. The molecule has 2 heterocycles. The Morgan fingerprint density at radius 2 is 1.85 bits per heavy atom. The van der Waals surface area contributed by atoms with Crippen LogP contribution >= 0.6 is 0 Å². The number of aromatic nitrogens is 3. The molecule has 0 unspecified atom stereocenters. The zero-order valence-electron chi connectivity index (χ0n) is 13.9. The molecular formula is C18H12F4N4O. The molecule has 0 aliphatic carbocycles. The lowest BCUT2D eigenvalue weighted by molar-refractivity contribution is -0.274. The minimum Gasteiger partial charge on any atom is -0.406 e. The van der Waals surface area contributed by atoms with Crippen molar-refractivity contribution in [2.45, 2.75) is 13.3 Å². The van der Waals surface area contributed by atoms with Gasteiger partial charge in [-0.05, 0) is 42.8 Å². The van der Waals surface area contributed by atoms with Gasteiger partial charge in [0, 0.05) is 24.1 Å². The molecule has 0 fully saturated rings. The van der Waals surface area contributed by atoms with Gasteiger partial charge in [0.1, 0.15) is 11.6 Å². The number of rotatable bonds is 3. The van der Waals surface area contributed by atoms with Crippen LogP contribution in [-0.2, 0) is 0 Å². The second-order valence-corrected chi connectivity index (χ2v) is 5.87. The van der Waals surface area contributed by atoms with Crippen molar-refractivity contribution in [3.8, 4) is 5.75 Å². The molecule has 0 aliphatic heterocycles. The van der Waals surface area contributed by atoms with Crippen LogP contribution in [0.25, 0.3) is 16.7 Å². The van der Waals surface area contributed by atoms with Gasteiger partial charge in [0.15, 0.2) is 11.5 Å². The molecule has 0 atom stereocenters. The van der Waals surface area contributed by atoms with Crippen LogP contribution in [0.4, 0.5) is 29.1 Å². The van der Waals surface area contributed by atoms with E-state index in [9.17, 15) is 17.6 Å². The first-order valence-corrected chi connectivity index (χ1v) is 7.86. The van der Waals surface area contributed by atoms with Gasteiger partial charge in [-0.15, -0.1) is 13.2 Å². The molecule has 0 bridgehead atoms. The maximum atomic E-state index is 13.8. The first kappa shape index (κ1) is 17.1. The molecule has 138 valence electrons. The molecular weight excluding hydrogens is 364 g/mol. The Morgan fingerprint density at radius 1 is 1.11 bits per heavy atom. The highest BCUT2D eigenvalue weighted by Crippen LogP contribution is 2.28. The van der Waals surface area contributed by atoms with Crippen LogP contribution < -0.4 is 10.1 Å². The van der Waals surface area contributed by atoms with Crippen LogP contribution in [0.5, 0.6) is 5.75 Å². The maximum Gasteiger partial charge on any atom is 0.573 e. The van der Waals surface area contributed by atoms with Crippen LogP contribution in [0.1, 0.15) is 5.56 Å². The quantitative estimate of drug-likeness (QED) is 0.513. The highest BCUT2D eigenvalue weighted by atomic mass is 19.4. The number of anilines is 2. The standard InChI is InChI=1S/C18H12F4N4O/c1-10-8-11(19)9-14-15(10)25-16(17-23-6-7-26(14)17)24-12-2-4-13(5-3-12)27-18(20,21)22/h2-9H,1H3,(H,24,25). The number of aryl methyl sites for hydroxylation is 1. The van der Waals surface area contributed by atoms with Gasteiger partial charge in [0.05, 0.1) is 11.0 Å². The Morgan fingerprint density at radius 3 is 2.56 bits per heavy atom. The molecule has 27 heavy (non-hydrogen) atoms. The van der Waals surface area contributed by atoms with Crippen LogP contribution in [0, 0.1) is 12.7 Å². The number of benzene rings is 2. The third-order valence-electron chi connectivity index (χ3n) is 3.93. The number of hydrogen-bond donors (Lipinski definition) is 1. The molecule has 0 saturated carbocycles. The van der Waals surface area contributed by atoms with E-state index in [-0.39, 0.29) is 11.6 Å². The zero-order chi connectivity index (χ0) is 19.2. The van der Waals surface area contributed by atoms with E-state index in [1.807, 2.05) is 0 Å². The van der Waals surface area contributed by atoms with E-state index in [4.69, 9.17) is 0 Å². The second-order valence-electron chi connectivity index (χ2n) is 5.87. The molecule has 9 heteroatoms. The molecule has 0 amide bonds. The number of ether oxygens (including phenoxy) is 1. The highest BCUT2D eigenvalue weighted by molar-refractivity contribution is 5.86. The topological polar surface area (TPSA) is 51.5 Å². The van der Waals surface area contributed by atoms with E-state index in [1.165, 1.54) is 36.4 Å². The Hall–Kier alpha value is -3.36. The van der Waals surface area contributed by atoms with Crippen molar-refractivity contribution >= 4 is 28.2 Å². The number of nitrogens with one attached hydrogen (secondary N) is 1. The van der Waals surface area contributed by atoms with Crippen molar-refractivity contribution in [2.24, 2.45) is 0 Å². The smallest absolute Gasteiger partial charge is 0.406 e. The van der Waals surface area contributed by atoms with Crippen LogP contribution in [0.15, 0.2) is 48.8 Å². The van der Waals surface area contributed by atoms with Gasteiger partial charge >= 0.3 is 6.36 Å². The van der Waals surface area contributed by atoms with Crippen LogP contribution in [-0.4, -0.2) is 20.7 Å². The Bertz CT molecular complexity index is 1140. The minimum atomic E-state index is -4.75. The first-order valence-electron chi connectivity index (χ1n) is 7.86. The third-order valence-corrected chi connectivity index (χ3v) is 3.93. The first-order chi connectivity index (χ1) is 12.8. The van der Waals surface area contributed by atoms with E-state index in [0.717, 1.165) is 0 Å². The summed E-state index contributed by atoms with van der Waals surface area (Å²) in [6, 6.07) is 8.01. The summed E-state index contributed by atoms with van der Waals surface area (Å²) < 4.78 is 56.1. The number of hydrogen-bond acceptors (Lipinski definition) is 4. The molecule has 0 radical (unpaired) electrons. The second kappa shape index (κ2) is 6.11. The largest absolute Gasteiger partial charge is 0.573 e. The molecule has 5 nitrogen and oxygen atoms in total. The van der Waals surface area contributed by atoms with E-state index < -0.39 is 6.36 Å². The highest BCUT2D eigenvalue weighted by Gasteiger charge is 2.30. The van der Waals surface area contributed by atoms with Gasteiger partial charge < -0.3 is 10.1 Å². The Balaban J connectivity index is 1.74. The Labute approximate surface area is 150 Å². The maximum absolute atomic E-state index is 13.8.